The number of esters is 1. The summed E-state index contributed by atoms with van der Waals surface area (Å²) in [6, 6.07) is 14.3. The maximum absolute atomic E-state index is 13.8. The van der Waals surface area contributed by atoms with Gasteiger partial charge in [-0.3, -0.25) is 9.36 Å². The van der Waals surface area contributed by atoms with Crippen LogP contribution in [0.3, 0.4) is 0 Å². The number of hydrogen-bond donors (Lipinski definition) is 1. The van der Waals surface area contributed by atoms with E-state index >= 15 is 0 Å². The molecule has 11 heteroatoms. The predicted molar refractivity (Wildman–Crippen MR) is 150 cm³/mol. The number of aromatic carboxylic acids is 1. The van der Waals surface area contributed by atoms with Gasteiger partial charge in [0, 0.05) is 11.6 Å². The van der Waals surface area contributed by atoms with Gasteiger partial charge in [0.15, 0.2) is 4.80 Å². The van der Waals surface area contributed by atoms with E-state index in [1.807, 2.05) is 0 Å². The Hall–Kier alpha value is -4.41. The van der Waals surface area contributed by atoms with Gasteiger partial charge in [0.05, 0.1) is 46.1 Å². The summed E-state index contributed by atoms with van der Waals surface area (Å²) in [6.45, 7) is 3.61. The maximum atomic E-state index is 13.8. The SMILES string of the molecule is CCOC(=O)C1=C(C)N=c2sc(=Cc3ccc(-c4ccc(Cl)c(C(=O)O)c4)o3)c(=O)n2C1c1ccc(OC)cc1. The van der Waals surface area contributed by atoms with Crippen molar-refractivity contribution in [2.45, 2.75) is 19.9 Å². The summed E-state index contributed by atoms with van der Waals surface area (Å²) in [7, 11) is 1.56. The molecule has 40 heavy (non-hydrogen) atoms. The second-order valence-electron chi connectivity index (χ2n) is 8.78. The van der Waals surface area contributed by atoms with Gasteiger partial charge in [-0.05, 0) is 61.9 Å². The summed E-state index contributed by atoms with van der Waals surface area (Å²) >= 11 is 7.16. The molecule has 0 spiro atoms. The fraction of sp³-hybridized carbons (Fsp3) is 0.172. The van der Waals surface area contributed by atoms with Crippen molar-refractivity contribution in [3.8, 4) is 17.1 Å². The molecule has 2 aromatic carbocycles. The molecule has 9 nitrogen and oxygen atoms in total. The normalized spacial score (nSPS) is 15.0. The van der Waals surface area contributed by atoms with Gasteiger partial charge in [-0.15, -0.1) is 0 Å². The van der Waals surface area contributed by atoms with Crippen molar-refractivity contribution in [1.82, 2.24) is 4.57 Å². The van der Waals surface area contributed by atoms with E-state index in [1.54, 1.807) is 69.5 Å². The first-order valence-corrected chi connectivity index (χ1v) is 13.4. The van der Waals surface area contributed by atoms with Gasteiger partial charge in [-0.25, -0.2) is 14.6 Å². The summed E-state index contributed by atoms with van der Waals surface area (Å²) in [5, 5.41) is 9.49. The topological polar surface area (TPSA) is 120 Å². The Balaban J connectivity index is 1.61. The Labute approximate surface area is 236 Å². The van der Waals surface area contributed by atoms with Crippen LogP contribution in [0.25, 0.3) is 17.4 Å². The van der Waals surface area contributed by atoms with Crippen LogP contribution >= 0.6 is 22.9 Å². The van der Waals surface area contributed by atoms with Crippen LogP contribution in [0.15, 0.2) is 80.1 Å². The molecule has 1 N–H and O–H groups in total. The minimum absolute atomic E-state index is 0.0447. The van der Waals surface area contributed by atoms with Crippen molar-refractivity contribution >= 4 is 41.0 Å². The summed E-state index contributed by atoms with van der Waals surface area (Å²) < 4.78 is 18.3. The number of aromatic nitrogens is 1. The standard InChI is InChI=1S/C29H23ClN2O7S/c1-4-38-28(36)24-15(2)31-29-32(25(24)16-5-8-18(37-3)9-6-16)26(33)23(40-29)14-19-10-12-22(39-19)17-7-11-21(30)20(13-17)27(34)35/h5-14,25H,4H2,1-3H3,(H,34,35). The lowest BCUT2D eigenvalue weighted by molar-refractivity contribution is -0.139. The minimum Gasteiger partial charge on any atom is -0.497 e. The van der Waals surface area contributed by atoms with E-state index in [1.165, 1.54) is 28.0 Å². The van der Waals surface area contributed by atoms with Crippen LogP contribution in [0.4, 0.5) is 0 Å². The Morgan fingerprint density at radius 3 is 2.60 bits per heavy atom. The number of thiazole rings is 1. The molecular weight excluding hydrogens is 556 g/mol. The number of ether oxygens (including phenoxy) is 2. The molecule has 1 aliphatic rings. The average Bonchev–Trinajstić information content (AvgIpc) is 3.52. The van der Waals surface area contributed by atoms with Crippen LogP contribution in [-0.4, -0.2) is 35.3 Å². The van der Waals surface area contributed by atoms with Gasteiger partial charge in [0.25, 0.3) is 5.56 Å². The molecule has 2 aromatic heterocycles. The lowest BCUT2D eigenvalue weighted by atomic mass is 9.96. The molecule has 0 saturated carbocycles. The minimum atomic E-state index is -1.15. The zero-order valence-electron chi connectivity index (χ0n) is 21.6. The van der Waals surface area contributed by atoms with E-state index in [2.05, 4.69) is 4.99 Å². The number of methoxy groups -OCH3 is 1. The third kappa shape index (κ3) is 4.99. The Kier molecular flexibility index (Phi) is 7.46. The number of fused-ring (bicyclic) bond motifs is 1. The number of carbonyl (C=O) groups is 2. The number of nitrogens with zero attached hydrogens (tertiary/aromatic N) is 2. The summed E-state index contributed by atoms with van der Waals surface area (Å²) in [4.78, 5) is 43.2. The Bertz CT molecular complexity index is 1850. The van der Waals surface area contributed by atoms with Crippen molar-refractivity contribution in [3.63, 3.8) is 0 Å². The van der Waals surface area contributed by atoms with Crippen molar-refractivity contribution < 1.29 is 28.6 Å². The fourth-order valence-corrected chi connectivity index (χ4v) is 5.68. The number of halogens is 1. The largest absolute Gasteiger partial charge is 0.497 e. The maximum Gasteiger partial charge on any atom is 0.338 e. The number of carboxylic acids is 1. The van der Waals surface area contributed by atoms with Crippen LogP contribution in [0.5, 0.6) is 5.75 Å². The molecule has 3 heterocycles. The molecular formula is C29H23ClN2O7S. The molecule has 0 radical (unpaired) electrons. The quantitative estimate of drug-likeness (QED) is 0.322. The number of allylic oxidation sites excluding steroid dienone is 1. The first-order chi connectivity index (χ1) is 19.2. The number of furan rings is 1. The van der Waals surface area contributed by atoms with Crippen LogP contribution in [-0.2, 0) is 9.53 Å². The van der Waals surface area contributed by atoms with Crippen LogP contribution < -0.4 is 19.6 Å². The number of hydrogen-bond acceptors (Lipinski definition) is 8. The zero-order chi connectivity index (χ0) is 28.6. The van der Waals surface area contributed by atoms with Gasteiger partial charge in [-0.1, -0.05) is 35.1 Å². The number of carbonyl (C=O) groups excluding carboxylic acids is 1. The highest BCUT2D eigenvalue weighted by atomic mass is 35.5. The molecule has 0 amide bonds. The van der Waals surface area contributed by atoms with Gasteiger partial charge < -0.3 is 19.0 Å². The molecule has 1 atom stereocenters. The van der Waals surface area contributed by atoms with Gasteiger partial charge >= 0.3 is 11.9 Å². The highest BCUT2D eigenvalue weighted by Gasteiger charge is 2.33. The van der Waals surface area contributed by atoms with Gasteiger partial charge in [0.1, 0.15) is 17.3 Å². The Morgan fingerprint density at radius 1 is 1.18 bits per heavy atom. The molecule has 1 unspecified atom stereocenters. The van der Waals surface area contributed by atoms with E-state index in [-0.39, 0.29) is 28.3 Å². The first kappa shape index (κ1) is 27.2. The van der Waals surface area contributed by atoms with Crippen LogP contribution in [0, 0.1) is 0 Å². The summed E-state index contributed by atoms with van der Waals surface area (Å²) in [6.07, 6.45) is 1.59. The van der Waals surface area contributed by atoms with Crippen molar-refractivity contribution in [3.05, 3.63) is 107 Å². The molecule has 4 aromatic rings. The third-order valence-corrected chi connectivity index (χ3v) is 7.64. The molecule has 204 valence electrons. The highest BCUT2D eigenvalue weighted by molar-refractivity contribution is 7.07. The summed E-state index contributed by atoms with van der Waals surface area (Å²) in [5.41, 5.74) is 1.57. The van der Waals surface area contributed by atoms with E-state index in [0.717, 1.165) is 0 Å². The first-order valence-electron chi connectivity index (χ1n) is 12.2. The zero-order valence-corrected chi connectivity index (χ0v) is 23.2. The molecule has 0 saturated heterocycles. The monoisotopic (exact) mass is 578 g/mol. The fourth-order valence-electron chi connectivity index (χ4n) is 4.45. The van der Waals surface area contributed by atoms with E-state index in [4.69, 9.17) is 25.5 Å². The smallest absolute Gasteiger partial charge is 0.338 e. The number of rotatable bonds is 7. The molecule has 5 rings (SSSR count). The lowest BCUT2D eigenvalue weighted by Crippen LogP contribution is -2.39. The van der Waals surface area contributed by atoms with E-state index in [9.17, 15) is 19.5 Å². The van der Waals surface area contributed by atoms with E-state index < -0.39 is 18.0 Å². The van der Waals surface area contributed by atoms with Crippen molar-refractivity contribution in [2.24, 2.45) is 4.99 Å². The lowest BCUT2D eigenvalue weighted by Gasteiger charge is -2.24. The molecule has 0 fully saturated rings. The van der Waals surface area contributed by atoms with Gasteiger partial charge in [0.2, 0.25) is 0 Å². The summed E-state index contributed by atoms with van der Waals surface area (Å²) in [5.74, 6) is -0.259. The van der Waals surface area contributed by atoms with Gasteiger partial charge in [-0.2, -0.15) is 0 Å². The number of carboxylic acid groups (broad SMARTS) is 1. The van der Waals surface area contributed by atoms with Crippen LogP contribution in [0.1, 0.15) is 41.6 Å². The van der Waals surface area contributed by atoms with Crippen LogP contribution in [0.2, 0.25) is 5.02 Å². The molecule has 0 aliphatic carbocycles. The predicted octanol–water partition coefficient (Wildman–Crippen LogP) is 4.42. The van der Waals surface area contributed by atoms with Crippen molar-refractivity contribution in [1.29, 1.82) is 0 Å². The number of benzene rings is 2. The van der Waals surface area contributed by atoms with E-state index in [0.29, 0.717) is 43.4 Å². The Morgan fingerprint density at radius 2 is 1.93 bits per heavy atom. The second-order valence-corrected chi connectivity index (χ2v) is 10.2. The van der Waals surface area contributed by atoms with Crippen molar-refractivity contribution in [2.75, 3.05) is 13.7 Å². The molecule has 1 aliphatic heterocycles. The second kappa shape index (κ2) is 11.0. The third-order valence-electron chi connectivity index (χ3n) is 6.33. The molecule has 0 bridgehead atoms. The highest BCUT2D eigenvalue weighted by Crippen LogP contribution is 2.32. The average molecular weight is 579 g/mol.